The Balaban J connectivity index is 1.14. The molecule has 5 aromatic rings. The van der Waals surface area contributed by atoms with E-state index in [0.29, 0.717) is 22.6 Å². The number of nitrogens with one attached hydrogen (secondary N) is 1. The Bertz CT molecular complexity index is 1980. The molecule has 16 heteroatoms. The number of alkyl halides is 3. The van der Waals surface area contributed by atoms with Gasteiger partial charge >= 0.3 is 6.18 Å². The van der Waals surface area contributed by atoms with E-state index in [1.807, 2.05) is 7.05 Å². The number of halogens is 4. The van der Waals surface area contributed by atoms with Gasteiger partial charge in [-0.25, -0.2) is 14.5 Å². The van der Waals surface area contributed by atoms with Crippen LogP contribution in [0.5, 0.6) is 17.2 Å². The lowest BCUT2D eigenvalue weighted by atomic mass is 10.1. The van der Waals surface area contributed by atoms with Crippen molar-refractivity contribution in [3.63, 3.8) is 0 Å². The first kappa shape index (κ1) is 31.0. The van der Waals surface area contributed by atoms with Crippen LogP contribution in [0, 0.1) is 5.92 Å². The van der Waals surface area contributed by atoms with Gasteiger partial charge in [0.05, 0.1) is 30.4 Å². The van der Waals surface area contributed by atoms with Gasteiger partial charge in [-0.1, -0.05) is 11.6 Å². The van der Waals surface area contributed by atoms with E-state index in [2.05, 4.69) is 30.3 Å². The standard InChI is InChI=1S/C31H31ClF3N9O3/c1-41-8-6-20(7-9-41)46-21-11-18(31(33,34)35)10-19(12-21)39-30-40-28-27(43(30)3)26(32)24(14-37-28)47-23-15-38-44-16-25(36-13-22(23)44)42(2)29(45)17-4-5-17/h10-17,20H,4-9H2,1-3H3,(H,37,39,40). The van der Waals surface area contributed by atoms with Crippen LogP contribution in [0.1, 0.15) is 31.2 Å². The summed E-state index contributed by atoms with van der Waals surface area (Å²) < 4.78 is 56.8. The van der Waals surface area contributed by atoms with Crippen LogP contribution in [0.2, 0.25) is 5.02 Å². The number of fused-ring (bicyclic) bond motifs is 2. The fraction of sp³-hybridized carbons (Fsp3) is 0.387. The highest BCUT2D eigenvalue weighted by molar-refractivity contribution is 6.36. The van der Waals surface area contributed by atoms with Gasteiger partial charge in [-0.05, 0) is 44.9 Å². The van der Waals surface area contributed by atoms with Gasteiger partial charge < -0.3 is 24.3 Å². The Kier molecular flexibility index (Phi) is 7.83. The lowest BCUT2D eigenvalue weighted by molar-refractivity contribution is -0.137. The molecule has 0 unspecified atom stereocenters. The molecular formula is C31H31ClF3N9O3. The van der Waals surface area contributed by atoms with E-state index in [9.17, 15) is 18.0 Å². The molecule has 0 spiro atoms. The van der Waals surface area contributed by atoms with Crippen molar-refractivity contribution in [2.45, 2.75) is 38.0 Å². The maximum absolute atomic E-state index is 13.9. The Hall–Kier alpha value is -4.63. The third kappa shape index (κ3) is 6.24. The van der Waals surface area contributed by atoms with Crippen LogP contribution in [0.15, 0.2) is 43.0 Å². The second kappa shape index (κ2) is 11.9. The molecule has 0 atom stereocenters. The van der Waals surface area contributed by atoms with Crippen LogP contribution in [-0.2, 0) is 18.0 Å². The smallest absolute Gasteiger partial charge is 0.416 e. The van der Waals surface area contributed by atoms with Gasteiger partial charge in [0, 0.05) is 44.9 Å². The van der Waals surface area contributed by atoms with Gasteiger partial charge in [0.25, 0.3) is 0 Å². The molecule has 4 aromatic heterocycles. The van der Waals surface area contributed by atoms with Gasteiger partial charge in [0.1, 0.15) is 27.9 Å². The molecule has 1 saturated carbocycles. The number of benzene rings is 1. The molecule has 1 N–H and O–H groups in total. The normalized spacial score (nSPS) is 16.1. The summed E-state index contributed by atoms with van der Waals surface area (Å²) in [5, 5.41) is 7.51. The molecule has 0 radical (unpaired) electrons. The molecule has 1 aliphatic carbocycles. The summed E-state index contributed by atoms with van der Waals surface area (Å²) >= 11 is 6.78. The summed E-state index contributed by atoms with van der Waals surface area (Å²) in [6, 6.07) is 3.55. The number of pyridine rings is 1. The molecule has 246 valence electrons. The molecule has 12 nitrogen and oxygen atoms in total. The van der Waals surface area contributed by atoms with Gasteiger partial charge in [-0.15, -0.1) is 0 Å². The van der Waals surface area contributed by atoms with Crippen molar-refractivity contribution in [2.24, 2.45) is 13.0 Å². The number of carbonyl (C=O) groups excluding carboxylic acids is 1. The molecule has 1 aliphatic heterocycles. The number of likely N-dealkylation sites (tertiary alicyclic amines) is 1. The van der Waals surface area contributed by atoms with E-state index in [1.54, 1.807) is 35.6 Å². The molecule has 7 rings (SSSR count). The van der Waals surface area contributed by atoms with Gasteiger partial charge in [0.15, 0.2) is 23.0 Å². The first-order valence-electron chi connectivity index (χ1n) is 15.1. The number of aromatic nitrogens is 6. The summed E-state index contributed by atoms with van der Waals surface area (Å²) in [6.07, 6.45) is 4.57. The zero-order valence-electron chi connectivity index (χ0n) is 25.8. The lowest BCUT2D eigenvalue weighted by Gasteiger charge is -2.29. The lowest BCUT2D eigenvalue weighted by Crippen LogP contribution is -2.35. The maximum atomic E-state index is 13.9. The molecular weight excluding hydrogens is 639 g/mol. The fourth-order valence-electron chi connectivity index (χ4n) is 5.56. The molecule has 47 heavy (non-hydrogen) atoms. The molecule has 1 saturated heterocycles. The van der Waals surface area contributed by atoms with E-state index < -0.39 is 11.7 Å². The van der Waals surface area contributed by atoms with Gasteiger partial charge in [-0.2, -0.15) is 23.3 Å². The van der Waals surface area contributed by atoms with Crippen LogP contribution in [0.4, 0.5) is 30.6 Å². The minimum Gasteiger partial charge on any atom is -0.490 e. The Morgan fingerprint density at radius 1 is 1.04 bits per heavy atom. The van der Waals surface area contributed by atoms with Crippen molar-refractivity contribution >= 4 is 51.6 Å². The predicted octanol–water partition coefficient (Wildman–Crippen LogP) is 6.06. The van der Waals surface area contributed by atoms with Crippen molar-refractivity contribution in [3.05, 3.63) is 53.6 Å². The minimum absolute atomic E-state index is 0.0196. The third-order valence-corrected chi connectivity index (χ3v) is 8.80. The van der Waals surface area contributed by atoms with Crippen LogP contribution in [-0.4, -0.2) is 73.2 Å². The summed E-state index contributed by atoms with van der Waals surface area (Å²) in [6.45, 7) is 1.62. The number of anilines is 3. The minimum atomic E-state index is -4.58. The number of hydrogen-bond acceptors (Lipinski definition) is 9. The Morgan fingerprint density at radius 3 is 2.53 bits per heavy atom. The Labute approximate surface area is 272 Å². The van der Waals surface area contributed by atoms with Gasteiger partial charge in [0.2, 0.25) is 11.9 Å². The monoisotopic (exact) mass is 669 g/mol. The SMILES string of the molecule is CN1CCC(Oc2cc(Nc3nc4ncc(Oc5cnn6cc(N(C)C(=O)C7CC7)ncc56)c(Cl)c4n3C)cc(C(F)(F)F)c2)CC1. The zero-order chi connectivity index (χ0) is 33.0. The first-order chi connectivity index (χ1) is 22.4. The number of nitrogens with zero attached hydrogens (tertiary/aromatic N) is 8. The number of carbonyl (C=O) groups is 1. The Morgan fingerprint density at radius 2 is 1.81 bits per heavy atom. The van der Waals surface area contributed by atoms with E-state index in [1.165, 1.54) is 23.4 Å². The second-order valence-corrected chi connectivity index (χ2v) is 12.3. The first-order valence-corrected chi connectivity index (χ1v) is 15.5. The van der Waals surface area contributed by atoms with Crippen molar-refractivity contribution in [1.82, 2.24) is 34.0 Å². The zero-order valence-corrected chi connectivity index (χ0v) is 26.5. The molecule has 1 aromatic carbocycles. The predicted molar refractivity (Wildman–Crippen MR) is 169 cm³/mol. The summed E-state index contributed by atoms with van der Waals surface area (Å²) in [4.78, 5) is 29.4. The number of rotatable bonds is 8. The average molecular weight is 670 g/mol. The van der Waals surface area contributed by atoms with Crippen LogP contribution in [0.3, 0.4) is 0 Å². The number of amides is 1. The molecule has 2 fully saturated rings. The highest BCUT2D eigenvalue weighted by Gasteiger charge is 2.34. The molecule has 1 amide bonds. The third-order valence-electron chi connectivity index (χ3n) is 8.44. The van der Waals surface area contributed by atoms with Crippen LogP contribution in [0.25, 0.3) is 16.7 Å². The van der Waals surface area contributed by atoms with Crippen molar-refractivity contribution in [1.29, 1.82) is 0 Å². The maximum Gasteiger partial charge on any atom is 0.416 e. The van der Waals surface area contributed by atoms with E-state index in [4.69, 9.17) is 21.1 Å². The fourth-order valence-corrected chi connectivity index (χ4v) is 5.86. The molecule has 5 heterocycles. The number of imidazole rings is 1. The van der Waals surface area contributed by atoms with Crippen molar-refractivity contribution < 1.29 is 27.4 Å². The van der Waals surface area contributed by atoms with E-state index in [-0.39, 0.29) is 51.7 Å². The quantitative estimate of drug-likeness (QED) is 0.210. The highest BCUT2D eigenvalue weighted by Crippen LogP contribution is 2.39. The number of hydrogen-bond donors (Lipinski definition) is 1. The average Bonchev–Trinajstić information content (AvgIpc) is 3.75. The van der Waals surface area contributed by atoms with E-state index >= 15 is 0 Å². The summed E-state index contributed by atoms with van der Waals surface area (Å²) in [7, 11) is 5.35. The number of piperidine rings is 1. The number of ether oxygens (including phenoxy) is 2. The summed E-state index contributed by atoms with van der Waals surface area (Å²) in [5.41, 5.74) is 0.506. The molecule has 2 aliphatic rings. The van der Waals surface area contributed by atoms with Crippen LogP contribution < -0.4 is 19.7 Å². The second-order valence-electron chi connectivity index (χ2n) is 12.0. The summed E-state index contributed by atoms with van der Waals surface area (Å²) in [5.74, 6) is 1.43. The van der Waals surface area contributed by atoms with E-state index in [0.717, 1.165) is 50.9 Å². The largest absolute Gasteiger partial charge is 0.490 e. The molecule has 0 bridgehead atoms. The van der Waals surface area contributed by atoms with Gasteiger partial charge in [-0.3, -0.25) is 9.69 Å². The van der Waals surface area contributed by atoms with Crippen molar-refractivity contribution in [2.75, 3.05) is 37.4 Å². The van der Waals surface area contributed by atoms with Crippen molar-refractivity contribution in [3.8, 4) is 17.2 Å². The topological polar surface area (TPSA) is 115 Å². The van der Waals surface area contributed by atoms with Crippen LogP contribution >= 0.6 is 11.6 Å². The highest BCUT2D eigenvalue weighted by atomic mass is 35.5. The number of aryl methyl sites for hydroxylation is 1.